The Kier molecular flexibility index (Phi) is 4.58. The normalized spacial score (nSPS) is 10.5. The van der Waals surface area contributed by atoms with Gasteiger partial charge in [-0.25, -0.2) is 0 Å². The summed E-state index contributed by atoms with van der Waals surface area (Å²) in [5.74, 6) is 0. The molecule has 0 atom stereocenters. The number of rotatable bonds is 5. The maximum absolute atomic E-state index is 5.68. The van der Waals surface area contributed by atoms with Crippen LogP contribution in [0.2, 0.25) is 0 Å². The van der Waals surface area contributed by atoms with Crippen LogP contribution in [0.3, 0.4) is 0 Å². The van der Waals surface area contributed by atoms with Gasteiger partial charge < -0.3 is 10.6 Å². The van der Waals surface area contributed by atoms with Crippen LogP contribution >= 0.6 is 0 Å². The topological polar surface area (TPSA) is 29.3 Å². The van der Waals surface area contributed by atoms with E-state index in [-0.39, 0.29) is 0 Å². The van der Waals surface area contributed by atoms with E-state index in [4.69, 9.17) is 5.73 Å². The summed E-state index contributed by atoms with van der Waals surface area (Å²) in [6.45, 7) is 3.68. The number of benzene rings is 2. The Balaban J connectivity index is 2.08. The van der Waals surface area contributed by atoms with E-state index >= 15 is 0 Å². The fourth-order valence-electron chi connectivity index (χ4n) is 2.21. The van der Waals surface area contributed by atoms with E-state index in [1.165, 1.54) is 22.4 Å². The van der Waals surface area contributed by atoms with Crippen molar-refractivity contribution in [2.75, 3.05) is 11.9 Å². The van der Waals surface area contributed by atoms with Gasteiger partial charge in [0.05, 0.1) is 0 Å². The Morgan fingerprint density at radius 2 is 1.63 bits per heavy atom. The molecule has 2 N–H and O–H groups in total. The zero-order chi connectivity index (χ0) is 13.7. The van der Waals surface area contributed by atoms with E-state index in [2.05, 4.69) is 67.4 Å². The van der Waals surface area contributed by atoms with Crippen molar-refractivity contribution in [3.05, 3.63) is 65.2 Å². The summed E-state index contributed by atoms with van der Waals surface area (Å²) in [7, 11) is 2.12. The Labute approximate surface area is 115 Å². The molecular formula is C17H22N2. The molecule has 0 fully saturated rings. The van der Waals surface area contributed by atoms with Crippen LogP contribution in [0, 0.1) is 0 Å². The number of hydrogen-bond donors (Lipinski definition) is 1. The van der Waals surface area contributed by atoms with Crippen molar-refractivity contribution in [1.82, 2.24) is 0 Å². The number of hydrogen-bond acceptors (Lipinski definition) is 2. The fraction of sp³-hybridized carbons (Fsp3) is 0.294. The van der Waals surface area contributed by atoms with E-state index in [9.17, 15) is 0 Å². The van der Waals surface area contributed by atoms with Crippen molar-refractivity contribution in [2.24, 2.45) is 5.73 Å². The van der Waals surface area contributed by atoms with Crippen molar-refractivity contribution >= 4 is 5.69 Å². The largest absolute Gasteiger partial charge is 0.370 e. The Bertz CT molecular complexity index is 517. The first-order valence-corrected chi connectivity index (χ1v) is 6.81. The molecule has 100 valence electrons. The Hall–Kier alpha value is -1.80. The third-order valence-corrected chi connectivity index (χ3v) is 3.43. The number of nitrogens with zero attached hydrogens (tertiary/aromatic N) is 1. The molecule has 0 amide bonds. The summed E-state index contributed by atoms with van der Waals surface area (Å²) in [5, 5.41) is 0. The van der Waals surface area contributed by atoms with Crippen molar-refractivity contribution in [2.45, 2.75) is 26.4 Å². The second kappa shape index (κ2) is 6.39. The first-order valence-electron chi connectivity index (χ1n) is 6.81. The molecule has 0 bridgehead atoms. The van der Waals surface area contributed by atoms with Gasteiger partial charge in [-0.3, -0.25) is 0 Å². The Morgan fingerprint density at radius 3 is 2.26 bits per heavy atom. The highest BCUT2D eigenvalue weighted by Crippen LogP contribution is 2.17. The second-order valence-electron chi connectivity index (χ2n) is 4.90. The lowest BCUT2D eigenvalue weighted by molar-refractivity contribution is 0.916. The van der Waals surface area contributed by atoms with Gasteiger partial charge in [0.25, 0.3) is 0 Å². The lowest BCUT2D eigenvalue weighted by Crippen LogP contribution is -2.16. The lowest BCUT2D eigenvalue weighted by atomic mass is 10.1. The Morgan fingerprint density at radius 1 is 0.947 bits per heavy atom. The van der Waals surface area contributed by atoms with Gasteiger partial charge in [-0.1, -0.05) is 43.3 Å². The molecule has 0 spiro atoms. The van der Waals surface area contributed by atoms with E-state index in [1.54, 1.807) is 0 Å². The highest BCUT2D eigenvalue weighted by atomic mass is 15.1. The van der Waals surface area contributed by atoms with Crippen LogP contribution in [0.1, 0.15) is 23.6 Å². The minimum absolute atomic E-state index is 0.600. The highest BCUT2D eigenvalue weighted by Gasteiger charge is 2.02. The van der Waals surface area contributed by atoms with E-state index in [1.807, 2.05) is 0 Å². The average Bonchev–Trinajstić information content (AvgIpc) is 2.47. The van der Waals surface area contributed by atoms with Gasteiger partial charge in [-0.15, -0.1) is 0 Å². The summed E-state index contributed by atoms with van der Waals surface area (Å²) >= 11 is 0. The van der Waals surface area contributed by atoms with Crippen LogP contribution in [0.15, 0.2) is 48.5 Å². The van der Waals surface area contributed by atoms with Crippen LogP contribution in [0.25, 0.3) is 0 Å². The van der Waals surface area contributed by atoms with E-state index in [0.29, 0.717) is 6.54 Å². The number of nitrogens with two attached hydrogens (primary N) is 1. The molecule has 2 heteroatoms. The predicted octanol–water partition coefficient (Wildman–Crippen LogP) is 3.34. The zero-order valence-electron chi connectivity index (χ0n) is 11.8. The molecule has 19 heavy (non-hydrogen) atoms. The third-order valence-electron chi connectivity index (χ3n) is 3.43. The summed E-state index contributed by atoms with van der Waals surface area (Å²) in [4.78, 5) is 2.26. The monoisotopic (exact) mass is 254 g/mol. The molecule has 0 aromatic heterocycles. The molecule has 2 aromatic rings. The molecule has 2 aromatic carbocycles. The van der Waals surface area contributed by atoms with Crippen molar-refractivity contribution in [3.8, 4) is 0 Å². The molecule has 0 radical (unpaired) electrons. The van der Waals surface area contributed by atoms with Crippen LogP contribution in [0.5, 0.6) is 0 Å². The van der Waals surface area contributed by atoms with Gasteiger partial charge >= 0.3 is 0 Å². The molecule has 2 nitrogen and oxygen atoms in total. The first-order chi connectivity index (χ1) is 9.22. The van der Waals surface area contributed by atoms with E-state index < -0.39 is 0 Å². The van der Waals surface area contributed by atoms with Gasteiger partial charge in [0.15, 0.2) is 0 Å². The summed E-state index contributed by atoms with van der Waals surface area (Å²) in [5.41, 5.74) is 10.8. The molecule has 0 aliphatic rings. The number of anilines is 1. The molecule has 0 aliphatic carbocycles. The van der Waals surface area contributed by atoms with Crippen LogP contribution in [0.4, 0.5) is 5.69 Å². The summed E-state index contributed by atoms with van der Waals surface area (Å²) < 4.78 is 0. The lowest BCUT2D eigenvalue weighted by Gasteiger charge is -2.20. The van der Waals surface area contributed by atoms with Gasteiger partial charge in [-0.05, 0) is 35.2 Å². The molecule has 0 aliphatic heterocycles. The predicted molar refractivity (Wildman–Crippen MR) is 82.3 cm³/mol. The molecule has 0 saturated heterocycles. The number of aryl methyl sites for hydroxylation is 1. The van der Waals surface area contributed by atoms with Crippen molar-refractivity contribution in [1.29, 1.82) is 0 Å². The summed E-state index contributed by atoms with van der Waals surface area (Å²) in [6, 6.07) is 17.2. The van der Waals surface area contributed by atoms with Crippen LogP contribution in [-0.2, 0) is 19.5 Å². The smallest absolute Gasteiger partial charge is 0.0426 e. The van der Waals surface area contributed by atoms with Crippen molar-refractivity contribution in [3.63, 3.8) is 0 Å². The molecule has 2 rings (SSSR count). The second-order valence-corrected chi connectivity index (χ2v) is 4.90. The van der Waals surface area contributed by atoms with Crippen molar-refractivity contribution < 1.29 is 0 Å². The average molecular weight is 254 g/mol. The maximum Gasteiger partial charge on any atom is 0.0426 e. The SMILES string of the molecule is CCc1ccc(N(C)Cc2cccc(CN)c2)cc1. The van der Waals surface area contributed by atoms with Gasteiger partial charge in [0.1, 0.15) is 0 Å². The maximum atomic E-state index is 5.68. The quantitative estimate of drug-likeness (QED) is 0.886. The van der Waals surface area contributed by atoms with Gasteiger partial charge in [0.2, 0.25) is 0 Å². The molecular weight excluding hydrogens is 232 g/mol. The van der Waals surface area contributed by atoms with E-state index in [0.717, 1.165) is 13.0 Å². The minimum atomic E-state index is 0.600. The van der Waals surface area contributed by atoms with Gasteiger partial charge in [0, 0.05) is 25.8 Å². The highest BCUT2D eigenvalue weighted by molar-refractivity contribution is 5.47. The van der Waals surface area contributed by atoms with Crippen LogP contribution < -0.4 is 10.6 Å². The molecule has 0 saturated carbocycles. The zero-order valence-corrected chi connectivity index (χ0v) is 11.8. The molecule has 0 heterocycles. The van der Waals surface area contributed by atoms with Crippen LogP contribution in [-0.4, -0.2) is 7.05 Å². The molecule has 0 unspecified atom stereocenters. The standard InChI is InChI=1S/C17H22N2/c1-3-14-7-9-17(10-8-14)19(2)13-16-6-4-5-15(11-16)12-18/h4-11H,3,12-13,18H2,1-2H3. The van der Waals surface area contributed by atoms with Gasteiger partial charge in [-0.2, -0.15) is 0 Å². The summed E-state index contributed by atoms with van der Waals surface area (Å²) in [6.07, 6.45) is 1.09. The first kappa shape index (κ1) is 13.6. The fourth-order valence-corrected chi connectivity index (χ4v) is 2.21. The third kappa shape index (κ3) is 3.58. The minimum Gasteiger partial charge on any atom is -0.370 e.